The second kappa shape index (κ2) is 8.54. The van der Waals surface area contributed by atoms with Crippen molar-refractivity contribution in [2.45, 2.75) is 39.8 Å². The summed E-state index contributed by atoms with van der Waals surface area (Å²) in [5, 5.41) is 5.80. The number of rotatable bonds is 4. The number of carbonyl (C=O) groups excluding carboxylic acids is 2. The molecule has 1 aromatic carbocycles. The molecule has 0 bridgehead atoms. The highest BCUT2D eigenvalue weighted by Crippen LogP contribution is 2.25. The minimum atomic E-state index is -0.444. The lowest BCUT2D eigenvalue weighted by molar-refractivity contribution is -0.124. The van der Waals surface area contributed by atoms with E-state index in [0.29, 0.717) is 0 Å². The SMILES string of the molecule is Cc1ccc(Cl)cc1N1CCN(C(C)C(=O)NC(=O)NC(C)C)CC1. The standard InChI is InChI=1S/C18H27ClN4O2/c1-12(2)20-18(25)21-17(24)14(4)22-7-9-23(10-8-22)16-11-15(19)6-5-13(16)3/h5-6,11-12,14H,7-10H2,1-4H3,(H2,20,21,24,25). The first kappa shape index (κ1) is 19.5. The minimum Gasteiger partial charge on any atom is -0.369 e. The number of hydrogen-bond donors (Lipinski definition) is 2. The minimum absolute atomic E-state index is 0.00686. The van der Waals surface area contributed by atoms with Gasteiger partial charge in [-0.2, -0.15) is 0 Å². The number of benzene rings is 1. The van der Waals surface area contributed by atoms with Gasteiger partial charge in [-0.05, 0) is 45.4 Å². The molecule has 25 heavy (non-hydrogen) atoms. The van der Waals surface area contributed by atoms with E-state index < -0.39 is 6.03 Å². The van der Waals surface area contributed by atoms with Gasteiger partial charge in [0.2, 0.25) is 5.91 Å². The molecule has 3 amide bonds. The molecule has 0 aliphatic carbocycles. The molecule has 1 aromatic rings. The van der Waals surface area contributed by atoms with E-state index in [1.807, 2.05) is 39.0 Å². The summed E-state index contributed by atoms with van der Waals surface area (Å²) >= 11 is 6.11. The van der Waals surface area contributed by atoms with Crippen molar-refractivity contribution < 1.29 is 9.59 Å². The number of amides is 3. The number of nitrogens with one attached hydrogen (secondary N) is 2. The summed E-state index contributed by atoms with van der Waals surface area (Å²) in [5.74, 6) is -0.273. The smallest absolute Gasteiger partial charge is 0.321 e. The molecule has 0 spiro atoms. The lowest BCUT2D eigenvalue weighted by atomic mass is 10.1. The maximum absolute atomic E-state index is 12.2. The number of piperazine rings is 1. The molecule has 1 heterocycles. The van der Waals surface area contributed by atoms with Gasteiger partial charge in [-0.25, -0.2) is 4.79 Å². The average Bonchev–Trinajstić information content (AvgIpc) is 2.55. The fourth-order valence-corrected chi connectivity index (χ4v) is 3.12. The van der Waals surface area contributed by atoms with Gasteiger partial charge in [0.15, 0.2) is 0 Å². The molecule has 0 saturated carbocycles. The molecule has 138 valence electrons. The number of urea groups is 1. The molecule has 6 nitrogen and oxygen atoms in total. The van der Waals surface area contributed by atoms with Crippen LogP contribution in [0.4, 0.5) is 10.5 Å². The summed E-state index contributed by atoms with van der Waals surface area (Å²) < 4.78 is 0. The van der Waals surface area contributed by atoms with Crippen molar-refractivity contribution in [1.29, 1.82) is 0 Å². The summed E-state index contributed by atoms with van der Waals surface area (Å²) in [6, 6.07) is 5.10. The van der Waals surface area contributed by atoms with Crippen molar-refractivity contribution in [3.8, 4) is 0 Å². The second-order valence-corrected chi connectivity index (χ2v) is 7.18. The predicted molar refractivity (Wildman–Crippen MR) is 101 cm³/mol. The summed E-state index contributed by atoms with van der Waals surface area (Å²) in [5.41, 5.74) is 2.33. The summed E-state index contributed by atoms with van der Waals surface area (Å²) in [6.07, 6.45) is 0. The number of hydrogen-bond acceptors (Lipinski definition) is 4. The highest BCUT2D eigenvalue weighted by atomic mass is 35.5. The maximum Gasteiger partial charge on any atom is 0.321 e. The molecule has 1 atom stereocenters. The summed E-state index contributed by atoms with van der Waals surface area (Å²) in [7, 11) is 0. The van der Waals surface area contributed by atoms with E-state index in [1.54, 1.807) is 0 Å². The first-order valence-corrected chi connectivity index (χ1v) is 9.02. The van der Waals surface area contributed by atoms with Gasteiger partial charge in [0, 0.05) is 42.9 Å². The molecule has 2 N–H and O–H groups in total. The molecule has 1 aliphatic heterocycles. The quantitative estimate of drug-likeness (QED) is 0.858. The van der Waals surface area contributed by atoms with Gasteiger partial charge >= 0.3 is 6.03 Å². The Hall–Kier alpha value is -1.79. The number of imide groups is 1. The van der Waals surface area contributed by atoms with E-state index in [4.69, 9.17) is 11.6 Å². The normalized spacial score (nSPS) is 16.6. The Bertz CT molecular complexity index is 628. The first-order chi connectivity index (χ1) is 11.8. The van der Waals surface area contributed by atoms with Gasteiger partial charge in [-0.1, -0.05) is 17.7 Å². The lowest BCUT2D eigenvalue weighted by Gasteiger charge is -2.39. The molecule has 0 radical (unpaired) electrons. The zero-order valence-electron chi connectivity index (χ0n) is 15.3. The van der Waals surface area contributed by atoms with Crippen LogP contribution in [0, 0.1) is 6.92 Å². The Labute approximate surface area is 154 Å². The third-order valence-corrected chi connectivity index (χ3v) is 4.64. The third kappa shape index (κ3) is 5.34. The van der Waals surface area contributed by atoms with E-state index >= 15 is 0 Å². The maximum atomic E-state index is 12.2. The van der Waals surface area contributed by atoms with Crippen molar-refractivity contribution in [2.75, 3.05) is 31.1 Å². The molecular formula is C18H27ClN4O2. The average molecular weight is 367 g/mol. The van der Waals surface area contributed by atoms with Crippen LogP contribution in [-0.2, 0) is 4.79 Å². The second-order valence-electron chi connectivity index (χ2n) is 6.75. The highest BCUT2D eigenvalue weighted by molar-refractivity contribution is 6.30. The molecule has 1 fully saturated rings. The summed E-state index contributed by atoms with van der Waals surface area (Å²) in [4.78, 5) is 28.3. The molecule has 2 rings (SSSR count). The van der Waals surface area contributed by atoms with Crippen LogP contribution >= 0.6 is 11.6 Å². The van der Waals surface area contributed by atoms with Crippen molar-refractivity contribution in [1.82, 2.24) is 15.5 Å². The van der Waals surface area contributed by atoms with Crippen LogP contribution in [0.25, 0.3) is 0 Å². The molecular weight excluding hydrogens is 340 g/mol. The zero-order valence-corrected chi connectivity index (χ0v) is 16.1. The van der Waals surface area contributed by atoms with Gasteiger partial charge in [0.1, 0.15) is 0 Å². The lowest BCUT2D eigenvalue weighted by Crippen LogP contribution is -2.56. The van der Waals surface area contributed by atoms with Crippen LogP contribution in [0.15, 0.2) is 18.2 Å². The van der Waals surface area contributed by atoms with Crippen LogP contribution in [0.1, 0.15) is 26.3 Å². The van der Waals surface area contributed by atoms with Crippen LogP contribution in [0.2, 0.25) is 5.02 Å². The molecule has 1 saturated heterocycles. The van der Waals surface area contributed by atoms with Crippen LogP contribution in [0.3, 0.4) is 0 Å². The highest BCUT2D eigenvalue weighted by Gasteiger charge is 2.27. The van der Waals surface area contributed by atoms with Gasteiger partial charge in [0.05, 0.1) is 6.04 Å². The molecule has 1 unspecified atom stereocenters. The van der Waals surface area contributed by atoms with E-state index in [1.165, 1.54) is 5.56 Å². The van der Waals surface area contributed by atoms with Gasteiger partial charge in [-0.3, -0.25) is 15.0 Å². The van der Waals surface area contributed by atoms with Gasteiger partial charge in [0.25, 0.3) is 0 Å². The Kier molecular flexibility index (Phi) is 6.67. The van der Waals surface area contributed by atoms with Gasteiger partial charge < -0.3 is 10.2 Å². The van der Waals surface area contributed by atoms with Crippen molar-refractivity contribution >= 4 is 29.2 Å². The van der Waals surface area contributed by atoms with E-state index in [0.717, 1.165) is 36.9 Å². The molecule has 1 aliphatic rings. The predicted octanol–water partition coefficient (Wildman–Crippen LogP) is 2.39. The van der Waals surface area contributed by atoms with Gasteiger partial charge in [-0.15, -0.1) is 0 Å². The number of halogens is 1. The topological polar surface area (TPSA) is 64.7 Å². The Balaban J connectivity index is 1.89. The van der Waals surface area contributed by atoms with E-state index in [2.05, 4.69) is 27.4 Å². The van der Waals surface area contributed by atoms with E-state index in [9.17, 15) is 9.59 Å². The zero-order chi connectivity index (χ0) is 18.6. The van der Waals surface area contributed by atoms with Crippen molar-refractivity contribution in [3.63, 3.8) is 0 Å². The molecule has 0 aromatic heterocycles. The first-order valence-electron chi connectivity index (χ1n) is 8.64. The largest absolute Gasteiger partial charge is 0.369 e. The number of anilines is 1. The van der Waals surface area contributed by atoms with Crippen LogP contribution < -0.4 is 15.5 Å². The third-order valence-electron chi connectivity index (χ3n) is 4.41. The fourth-order valence-electron chi connectivity index (χ4n) is 2.95. The van der Waals surface area contributed by atoms with Crippen molar-refractivity contribution in [3.05, 3.63) is 28.8 Å². The Morgan fingerprint density at radius 2 is 1.76 bits per heavy atom. The molecule has 7 heteroatoms. The monoisotopic (exact) mass is 366 g/mol. The van der Waals surface area contributed by atoms with E-state index in [-0.39, 0.29) is 18.0 Å². The number of aryl methyl sites for hydroxylation is 1. The van der Waals surface area contributed by atoms with Crippen LogP contribution in [0.5, 0.6) is 0 Å². The Morgan fingerprint density at radius 1 is 1.12 bits per heavy atom. The van der Waals surface area contributed by atoms with Crippen LogP contribution in [-0.4, -0.2) is 55.1 Å². The van der Waals surface area contributed by atoms with Crippen molar-refractivity contribution in [2.24, 2.45) is 0 Å². The number of carbonyl (C=O) groups is 2. The Morgan fingerprint density at radius 3 is 2.36 bits per heavy atom. The number of nitrogens with zero attached hydrogens (tertiary/aromatic N) is 2. The summed E-state index contributed by atoms with van der Waals surface area (Å²) in [6.45, 7) is 10.8. The fraction of sp³-hybridized carbons (Fsp3) is 0.556.